The number of ether oxygens (including phenoxy) is 2. The quantitative estimate of drug-likeness (QED) is 0.420. The van der Waals surface area contributed by atoms with Crippen molar-refractivity contribution in [3.8, 4) is 11.5 Å². The molecule has 0 saturated carbocycles. The van der Waals surface area contributed by atoms with Crippen molar-refractivity contribution >= 4 is 19.1 Å². The molecular formula is C27H40O4SSi. The summed E-state index contributed by atoms with van der Waals surface area (Å²) >= 11 is 0. The first kappa shape index (κ1) is 26.0. The lowest BCUT2D eigenvalue weighted by molar-refractivity contribution is -0.157. The molecule has 2 atom stereocenters. The molecule has 33 heavy (non-hydrogen) atoms. The van der Waals surface area contributed by atoms with Gasteiger partial charge in [-0.05, 0) is 81.1 Å². The summed E-state index contributed by atoms with van der Waals surface area (Å²) in [7, 11) is -1.55. The van der Waals surface area contributed by atoms with Gasteiger partial charge in [-0.2, -0.15) is 0 Å². The summed E-state index contributed by atoms with van der Waals surface area (Å²) in [5.41, 5.74) is 5.68. The van der Waals surface area contributed by atoms with Crippen LogP contribution < -0.4 is 9.16 Å². The summed E-state index contributed by atoms with van der Waals surface area (Å²) in [4.78, 5) is 0.800. The number of benzene rings is 2. The third-order valence-electron chi connectivity index (χ3n) is 7.53. The summed E-state index contributed by atoms with van der Waals surface area (Å²) < 4.78 is 32.4. The van der Waals surface area contributed by atoms with E-state index in [1.54, 1.807) is 7.11 Å². The molecule has 0 N–H and O–H groups in total. The monoisotopic (exact) mass is 488 g/mol. The van der Waals surface area contributed by atoms with Gasteiger partial charge in [0, 0.05) is 24.0 Å². The van der Waals surface area contributed by atoms with E-state index < -0.39 is 24.9 Å². The second-order valence-corrected chi connectivity index (χ2v) is 17.1. The Balaban J connectivity index is 1.95. The summed E-state index contributed by atoms with van der Waals surface area (Å²) in [6, 6.07) is 7.83. The van der Waals surface area contributed by atoms with Crippen molar-refractivity contribution in [2.75, 3.05) is 12.9 Å². The number of rotatable bonds is 6. The molecule has 2 aromatic rings. The number of aryl methyl sites for hydroxylation is 1. The van der Waals surface area contributed by atoms with Crippen LogP contribution in [-0.2, 0) is 22.0 Å². The first-order chi connectivity index (χ1) is 15.2. The third-order valence-corrected chi connectivity index (χ3v) is 13.4. The zero-order valence-corrected chi connectivity index (χ0v) is 23.8. The minimum Gasteiger partial charge on any atom is -0.543 e. The van der Waals surface area contributed by atoms with Crippen molar-refractivity contribution < 1.29 is 18.1 Å². The highest BCUT2D eigenvalue weighted by Gasteiger charge is 2.43. The van der Waals surface area contributed by atoms with E-state index in [9.17, 15) is 4.21 Å². The van der Waals surface area contributed by atoms with Gasteiger partial charge in [0.25, 0.3) is 8.32 Å². The van der Waals surface area contributed by atoms with Crippen LogP contribution in [0.25, 0.3) is 0 Å². The predicted octanol–water partition coefficient (Wildman–Crippen LogP) is 6.78. The molecule has 0 aromatic heterocycles. The lowest BCUT2D eigenvalue weighted by atomic mass is 9.91. The van der Waals surface area contributed by atoms with Crippen molar-refractivity contribution in [2.45, 2.75) is 90.1 Å². The van der Waals surface area contributed by atoms with Gasteiger partial charge in [-0.1, -0.05) is 38.5 Å². The molecule has 2 aromatic carbocycles. The number of methoxy groups -OCH3 is 1. The molecule has 1 aliphatic rings. The van der Waals surface area contributed by atoms with Gasteiger partial charge in [0.2, 0.25) is 5.79 Å². The second kappa shape index (κ2) is 9.20. The Hall–Kier alpha value is -1.63. The standard InChI is InChI=1S/C27H40O4SSi/c1-18-11-13-22(14-12-18)32(28)17-27(29-8)16-15-23-21(4)24(19(2)20(3)25(23)30-27)31-33(9,10)26(5,6)7/h11-14H,15-17H2,1-10H3/t27?,32-/m0/s1. The number of fused-ring (bicyclic) bond motifs is 1. The molecule has 1 heterocycles. The molecule has 182 valence electrons. The highest BCUT2D eigenvalue weighted by molar-refractivity contribution is 7.85. The van der Waals surface area contributed by atoms with E-state index in [4.69, 9.17) is 13.9 Å². The molecule has 1 aliphatic heterocycles. The zero-order valence-electron chi connectivity index (χ0n) is 22.0. The van der Waals surface area contributed by atoms with Crippen LogP contribution in [0.2, 0.25) is 18.1 Å². The summed E-state index contributed by atoms with van der Waals surface area (Å²) in [6.45, 7) is 19.7. The van der Waals surface area contributed by atoms with Crippen LogP contribution in [0, 0.1) is 27.7 Å². The second-order valence-electron chi connectivity index (χ2n) is 10.9. The third kappa shape index (κ3) is 5.08. The zero-order chi connectivity index (χ0) is 24.8. The highest BCUT2D eigenvalue weighted by Crippen LogP contribution is 2.46. The van der Waals surface area contributed by atoms with Crippen LogP contribution in [0.5, 0.6) is 11.5 Å². The fraction of sp³-hybridized carbons (Fsp3) is 0.556. The molecule has 0 saturated heterocycles. The Bertz CT molecular complexity index is 1050. The van der Waals surface area contributed by atoms with E-state index in [0.717, 1.165) is 45.1 Å². The average molecular weight is 489 g/mol. The number of hydrogen-bond donors (Lipinski definition) is 0. The first-order valence-electron chi connectivity index (χ1n) is 11.7. The molecule has 0 fully saturated rings. The van der Waals surface area contributed by atoms with Gasteiger partial charge in [0.05, 0.1) is 16.6 Å². The van der Waals surface area contributed by atoms with Gasteiger partial charge in [-0.25, -0.2) is 0 Å². The van der Waals surface area contributed by atoms with Gasteiger partial charge in [-0.3, -0.25) is 4.21 Å². The molecule has 0 aliphatic carbocycles. The molecule has 4 nitrogen and oxygen atoms in total. The van der Waals surface area contributed by atoms with Crippen molar-refractivity contribution in [3.05, 3.63) is 52.1 Å². The van der Waals surface area contributed by atoms with Gasteiger partial charge >= 0.3 is 0 Å². The van der Waals surface area contributed by atoms with E-state index in [-0.39, 0.29) is 5.04 Å². The van der Waals surface area contributed by atoms with Gasteiger partial charge in [0.1, 0.15) is 11.5 Å². The normalized spacial score (nSPS) is 19.6. The topological polar surface area (TPSA) is 44.8 Å². The van der Waals surface area contributed by atoms with Crippen LogP contribution >= 0.6 is 0 Å². The van der Waals surface area contributed by atoms with Crippen LogP contribution in [-0.4, -0.2) is 31.2 Å². The molecule has 3 rings (SSSR count). The Morgan fingerprint density at radius 2 is 1.64 bits per heavy atom. The summed E-state index contributed by atoms with van der Waals surface area (Å²) in [5.74, 6) is 1.26. The lowest BCUT2D eigenvalue weighted by Crippen LogP contribution is -2.47. The maximum absolute atomic E-state index is 13.2. The molecule has 1 unspecified atom stereocenters. The Morgan fingerprint density at radius 1 is 1.03 bits per heavy atom. The molecular weight excluding hydrogens is 448 g/mol. The van der Waals surface area contributed by atoms with Gasteiger partial charge < -0.3 is 13.9 Å². The molecule has 0 bridgehead atoms. The maximum Gasteiger partial charge on any atom is 0.250 e. The predicted molar refractivity (Wildman–Crippen MR) is 140 cm³/mol. The Labute approximate surface area is 203 Å². The van der Waals surface area contributed by atoms with E-state index in [1.807, 2.05) is 31.2 Å². The molecule has 6 heteroatoms. The van der Waals surface area contributed by atoms with E-state index >= 15 is 0 Å². The van der Waals surface area contributed by atoms with Crippen LogP contribution in [0.3, 0.4) is 0 Å². The lowest BCUT2D eigenvalue weighted by Gasteiger charge is -2.41. The van der Waals surface area contributed by atoms with Gasteiger partial charge in [0.15, 0.2) is 0 Å². The average Bonchev–Trinajstić information content (AvgIpc) is 2.74. The fourth-order valence-corrected chi connectivity index (χ4v) is 6.44. The van der Waals surface area contributed by atoms with Crippen molar-refractivity contribution in [1.29, 1.82) is 0 Å². The Morgan fingerprint density at radius 3 is 2.18 bits per heavy atom. The van der Waals surface area contributed by atoms with E-state index in [1.165, 1.54) is 5.56 Å². The summed E-state index contributed by atoms with van der Waals surface area (Å²) in [5, 5.41) is 0.122. The van der Waals surface area contributed by atoms with Crippen LogP contribution in [0.15, 0.2) is 29.2 Å². The fourth-order valence-electron chi connectivity index (χ4n) is 3.99. The minimum atomic E-state index is -1.98. The summed E-state index contributed by atoms with van der Waals surface area (Å²) in [6.07, 6.45) is 1.45. The molecule has 0 radical (unpaired) electrons. The van der Waals surface area contributed by atoms with Crippen LogP contribution in [0.4, 0.5) is 0 Å². The SMILES string of the molecule is COC1(C[S@](=O)c2ccc(C)cc2)CCc2c(C)c(O[Si](C)(C)C(C)(C)C)c(C)c(C)c2O1. The van der Waals surface area contributed by atoms with Crippen molar-refractivity contribution in [2.24, 2.45) is 0 Å². The van der Waals surface area contributed by atoms with Crippen molar-refractivity contribution in [3.63, 3.8) is 0 Å². The Kier molecular flexibility index (Phi) is 7.24. The smallest absolute Gasteiger partial charge is 0.250 e. The van der Waals surface area contributed by atoms with E-state index in [0.29, 0.717) is 12.2 Å². The highest BCUT2D eigenvalue weighted by atomic mass is 32.2. The molecule has 0 amide bonds. The van der Waals surface area contributed by atoms with Crippen molar-refractivity contribution in [1.82, 2.24) is 0 Å². The maximum atomic E-state index is 13.2. The molecule has 0 spiro atoms. The number of hydrogen-bond acceptors (Lipinski definition) is 4. The van der Waals surface area contributed by atoms with Gasteiger partial charge in [-0.15, -0.1) is 0 Å². The largest absolute Gasteiger partial charge is 0.543 e. The van der Waals surface area contributed by atoms with Crippen LogP contribution in [0.1, 0.15) is 55.0 Å². The first-order valence-corrected chi connectivity index (χ1v) is 15.9. The minimum absolute atomic E-state index is 0.122. The van der Waals surface area contributed by atoms with E-state index in [2.05, 4.69) is 54.6 Å².